The molecule has 1 rings (SSSR count). The first kappa shape index (κ1) is 18.7. The third-order valence-electron chi connectivity index (χ3n) is 3.26. The normalized spacial score (nSPS) is 17.2. The average molecular weight is 331 g/mol. The van der Waals surface area contributed by atoms with Gasteiger partial charge in [-0.15, -0.1) is 0 Å². The molecule has 0 aromatic heterocycles. The van der Waals surface area contributed by atoms with E-state index in [4.69, 9.17) is 0 Å². The molecule has 0 aliphatic heterocycles. The molecule has 0 spiro atoms. The smallest absolute Gasteiger partial charge is 0.314 e. The standard InChI is InChI=1S/C12H24F3N3O2S/c1-10(2)18(9-12(13,14)15)21(19,20)17(3)8-4-7-16-11-5-6-11/h10-11,16H,4-9H2,1-3H3. The summed E-state index contributed by atoms with van der Waals surface area (Å²) in [6.45, 7) is 2.28. The predicted octanol–water partition coefficient (Wildman–Crippen LogP) is 1.58. The van der Waals surface area contributed by atoms with Crippen LogP contribution in [0.5, 0.6) is 0 Å². The number of hydrogen-bond acceptors (Lipinski definition) is 3. The molecule has 9 heteroatoms. The van der Waals surface area contributed by atoms with Crippen LogP contribution >= 0.6 is 0 Å². The molecular formula is C12H24F3N3O2S. The van der Waals surface area contributed by atoms with Gasteiger partial charge in [0.15, 0.2) is 0 Å². The van der Waals surface area contributed by atoms with Crippen LogP contribution in [-0.2, 0) is 10.2 Å². The van der Waals surface area contributed by atoms with E-state index in [1.807, 2.05) is 0 Å². The minimum absolute atomic E-state index is 0.198. The number of rotatable bonds is 9. The van der Waals surface area contributed by atoms with Crippen LogP contribution in [0.4, 0.5) is 13.2 Å². The Bertz CT molecular complexity index is 422. The maximum Gasteiger partial charge on any atom is 0.402 e. The predicted molar refractivity (Wildman–Crippen MR) is 75.1 cm³/mol. The maximum atomic E-state index is 12.5. The molecule has 0 radical (unpaired) electrons. The summed E-state index contributed by atoms with van der Waals surface area (Å²) in [5.74, 6) is 0. The fourth-order valence-corrected chi connectivity index (χ4v) is 3.46. The SMILES string of the molecule is CC(C)N(CC(F)(F)F)S(=O)(=O)N(C)CCCNC1CC1. The lowest BCUT2D eigenvalue weighted by molar-refractivity contribution is -0.138. The number of alkyl halides is 3. The molecule has 5 nitrogen and oxygen atoms in total. The van der Waals surface area contributed by atoms with Crippen molar-refractivity contribution < 1.29 is 21.6 Å². The van der Waals surface area contributed by atoms with Crippen LogP contribution in [0.1, 0.15) is 33.1 Å². The monoisotopic (exact) mass is 331 g/mol. The average Bonchev–Trinajstić information content (AvgIpc) is 3.13. The van der Waals surface area contributed by atoms with E-state index >= 15 is 0 Å². The fourth-order valence-electron chi connectivity index (χ4n) is 1.90. The van der Waals surface area contributed by atoms with Gasteiger partial charge in [-0.25, -0.2) is 0 Å². The largest absolute Gasteiger partial charge is 0.402 e. The van der Waals surface area contributed by atoms with E-state index in [2.05, 4.69) is 5.32 Å². The molecule has 0 heterocycles. The molecule has 0 bridgehead atoms. The highest BCUT2D eigenvalue weighted by atomic mass is 32.2. The number of nitrogens with one attached hydrogen (secondary N) is 1. The van der Waals surface area contributed by atoms with Crippen molar-refractivity contribution in [2.45, 2.75) is 51.4 Å². The molecule has 1 aliphatic rings. The van der Waals surface area contributed by atoms with Gasteiger partial charge in [0.1, 0.15) is 6.54 Å². The van der Waals surface area contributed by atoms with E-state index in [-0.39, 0.29) is 6.54 Å². The molecule has 0 atom stereocenters. The summed E-state index contributed by atoms with van der Waals surface area (Å²) in [5, 5.41) is 3.24. The molecule has 21 heavy (non-hydrogen) atoms. The van der Waals surface area contributed by atoms with Gasteiger partial charge in [0.25, 0.3) is 10.2 Å². The van der Waals surface area contributed by atoms with Crippen LogP contribution in [0.3, 0.4) is 0 Å². The van der Waals surface area contributed by atoms with E-state index in [0.717, 1.165) is 17.1 Å². The molecule has 1 saturated carbocycles. The molecule has 1 N–H and O–H groups in total. The minimum atomic E-state index is -4.55. The van der Waals surface area contributed by atoms with E-state index in [9.17, 15) is 21.6 Å². The fraction of sp³-hybridized carbons (Fsp3) is 1.00. The third-order valence-corrected chi connectivity index (χ3v) is 5.38. The maximum absolute atomic E-state index is 12.5. The molecule has 1 aliphatic carbocycles. The lowest BCUT2D eigenvalue weighted by Crippen LogP contribution is -2.49. The molecule has 0 amide bonds. The Balaban J connectivity index is 2.56. The van der Waals surface area contributed by atoms with Crippen LogP contribution < -0.4 is 5.32 Å². The number of halogens is 3. The van der Waals surface area contributed by atoms with Gasteiger partial charge in [-0.1, -0.05) is 0 Å². The summed E-state index contributed by atoms with van der Waals surface area (Å²) in [4.78, 5) is 0. The van der Waals surface area contributed by atoms with Crippen molar-refractivity contribution in [2.75, 3.05) is 26.7 Å². The van der Waals surface area contributed by atoms with Crippen molar-refractivity contribution in [3.8, 4) is 0 Å². The van der Waals surface area contributed by atoms with Gasteiger partial charge in [0.05, 0.1) is 0 Å². The summed E-state index contributed by atoms with van der Waals surface area (Å²) in [7, 11) is -2.78. The Morgan fingerprint density at radius 3 is 2.29 bits per heavy atom. The topological polar surface area (TPSA) is 52.7 Å². The summed E-state index contributed by atoms with van der Waals surface area (Å²) in [6.07, 6.45) is -1.70. The van der Waals surface area contributed by atoms with Crippen LogP contribution in [-0.4, -0.2) is 62.0 Å². The van der Waals surface area contributed by atoms with Crippen molar-refractivity contribution in [1.82, 2.24) is 13.9 Å². The quantitative estimate of drug-likeness (QED) is 0.653. The van der Waals surface area contributed by atoms with Crippen molar-refractivity contribution in [1.29, 1.82) is 0 Å². The van der Waals surface area contributed by atoms with Crippen molar-refractivity contribution in [3.05, 3.63) is 0 Å². The van der Waals surface area contributed by atoms with Gasteiger partial charge in [-0.2, -0.15) is 30.2 Å². The van der Waals surface area contributed by atoms with Gasteiger partial charge in [-0.05, 0) is 39.7 Å². The van der Waals surface area contributed by atoms with Crippen LogP contribution in [0.25, 0.3) is 0 Å². The van der Waals surface area contributed by atoms with Gasteiger partial charge in [-0.3, -0.25) is 0 Å². The second-order valence-corrected chi connectivity index (χ2v) is 7.65. The van der Waals surface area contributed by atoms with Gasteiger partial charge < -0.3 is 5.32 Å². The van der Waals surface area contributed by atoms with Crippen molar-refractivity contribution >= 4 is 10.2 Å². The second kappa shape index (κ2) is 7.26. The molecular weight excluding hydrogens is 307 g/mol. The Morgan fingerprint density at radius 2 is 1.86 bits per heavy atom. The first-order chi connectivity index (χ1) is 9.54. The molecule has 0 aromatic rings. The third kappa shape index (κ3) is 6.50. The Kier molecular flexibility index (Phi) is 6.45. The van der Waals surface area contributed by atoms with Gasteiger partial charge in [0.2, 0.25) is 0 Å². The van der Waals surface area contributed by atoms with Crippen LogP contribution in [0, 0.1) is 0 Å². The van der Waals surface area contributed by atoms with Gasteiger partial charge in [0, 0.05) is 25.7 Å². The van der Waals surface area contributed by atoms with Crippen LogP contribution in [0.15, 0.2) is 0 Å². The first-order valence-corrected chi connectivity index (χ1v) is 8.47. The lowest BCUT2D eigenvalue weighted by Gasteiger charge is -2.31. The molecule has 0 aromatic carbocycles. The Morgan fingerprint density at radius 1 is 1.29 bits per heavy atom. The van der Waals surface area contributed by atoms with E-state index in [1.54, 1.807) is 0 Å². The molecule has 126 valence electrons. The zero-order valence-electron chi connectivity index (χ0n) is 12.7. The van der Waals surface area contributed by atoms with Crippen LogP contribution in [0.2, 0.25) is 0 Å². The molecule has 1 fully saturated rings. The van der Waals surface area contributed by atoms with Crippen molar-refractivity contribution in [3.63, 3.8) is 0 Å². The van der Waals surface area contributed by atoms with E-state index in [1.165, 1.54) is 20.9 Å². The van der Waals surface area contributed by atoms with E-state index < -0.39 is 29.0 Å². The number of hydrogen-bond donors (Lipinski definition) is 1. The molecule has 0 saturated heterocycles. The highest BCUT2D eigenvalue weighted by Crippen LogP contribution is 2.22. The highest BCUT2D eigenvalue weighted by Gasteiger charge is 2.39. The number of nitrogens with zero attached hydrogens (tertiary/aromatic N) is 2. The summed E-state index contributed by atoms with van der Waals surface area (Å²) < 4.78 is 63.5. The zero-order valence-corrected chi connectivity index (χ0v) is 13.5. The summed E-state index contributed by atoms with van der Waals surface area (Å²) >= 11 is 0. The van der Waals surface area contributed by atoms with E-state index in [0.29, 0.717) is 23.3 Å². The Hall–Kier alpha value is -0.380. The van der Waals surface area contributed by atoms with Gasteiger partial charge >= 0.3 is 6.18 Å². The van der Waals surface area contributed by atoms with Crippen molar-refractivity contribution in [2.24, 2.45) is 0 Å². The summed E-state index contributed by atoms with van der Waals surface area (Å²) in [6, 6.07) is -0.215. The second-order valence-electron chi connectivity index (χ2n) is 5.67. The lowest BCUT2D eigenvalue weighted by atomic mass is 10.4. The molecule has 0 unspecified atom stereocenters. The Labute approximate surface area is 124 Å². The highest BCUT2D eigenvalue weighted by molar-refractivity contribution is 7.86. The zero-order chi connectivity index (χ0) is 16.3. The first-order valence-electron chi connectivity index (χ1n) is 7.07. The minimum Gasteiger partial charge on any atom is -0.314 e. The summed E-state index contributed by atoms with van der Waals surface area (Å²) in [5.41, 5.74) is 0.